The van der Waals surface area contributed by atoms with Crippen molar-refractivity contribution in [3.05, 3.63) is 29.3 Å². The number of amides is 1. The second-order valence-corrected chi connectivity index (χ2v) is 6.21. The van der Waals surface area contributed by atoms with Crippen molar-refractivity contribution in [3.8, 4) is 5.75 Å². The molecule has 0 spiro atoms. The van der Waals surface area contributed by atoms with Crippen molar-refractivity contribution in [3.63, 3.8) is 0 Å². The molecule has 0 unspecified atom stereocenters. The van der Waals surface area contributed by atoms with Crippen molar-refractivity contribution in [1.82, 2.24) is 4.90 Å². The zero-order valence-corrected chi connectivity index (χ0v) is 13.5. The largest absolute Gasteiger partial charge is 0.484 e. The third-order valence-corrected chi connectivity index (χ3v) is 4.45. The number of benzene rings is 1. The molecule has 0 radical (unpaired) electrons. The van der Waals surface area contributed by atoms with Gasteiger partial charge in [0.25, 0.3) is 5.91 Å². The maximum atomic E-state index is 12.3. The van der Waals surface area contributed by atoms with Crippen LogP contribution in [0.2, 0.25) is 0 Å². The summed E-state index contributed by atoms with van der Waals surface area (Å²) in [4.78, 5) is 14.2. The molecule has 0 saturated heterocycles. The average Bonchev–Trinajstić information content (AvgIpc) is 2.74. The Bertz CT molecular complexity index is 476. The van der Waals surface area contributed by atoms with Gasteiger partial charge < -0.3 is 9.64 Å². The lowest BCUT2D eigenvalue weighted by Crippen LogP contribution is -2.39. The lowest BCUT2D eigenvalue weighted by Gasteiger charge is -2.27. The van der Waals surface area contributed by atoms with E-state index in [2.05, 4.69) is 13.0 Å². The maximum Gasteiger partial charge on any atom is 0.260 e. The fourth-order valence-electron chi connectivity index (χ4n) is 3.05. The molecule has 2 rings (SSSR count). The highest BCUT2D eigenvalue weighted by molar-refractivity contribution is 5.77. The minimum Gasteiger partial charge on any atom is -0.484 e. The fourth-order valence-corrected chi connectivity index (χ4v) is 3.05. The summed E-state index contributed by atoms with van der Waals surface area (Å²) in [5.41, 5.74) is 2.29. The highest BCUT2D eigenvalue weighted by Gasteiger charge is 2.21. The topological polar surface area (TPSA) is 29.5 Å². The molecule has 1 aromatic rings. The van der Waals surface area contributed by atoms with E-state index in [0.717, 1.165) is 24.2 Å². The van der Waals surface area contributed by atoms with Gasteiger partial charge in [0, 0.05) is 13.1 Å². The van der Waals surface area contributed by atoms with Gasteiger partial charge in [0.1, 0.15) is 5.75 Å². The van der Waals surface area contributed by atoms with Crippen molar-refractivity contribution in [2.24, 2.45) is 0 Å². The molecule has 21 heavy (non-hydrogen) atoms. The van der Waals surface area contributed by atoms with Crippen LogP contribution in [0.15, 0.2) is 18.2 Å². The van der Waals surface area contributed by atoms with Crippen LogP contribution in [0, 0.1) is 13.8 Å². The molecule has 1 fully saturated rings. The van der Waals surface area contributed by atoms with E-state index in [-0.39, 0.29) is 12.5 Å². The molecule has 1 aliphatic carbocycles. The summed E-state index contributed by atoms with van der Waals surface area (Å²) >= 11 is 0. The predicted molar refractivity (Wildman–Crippen MR) is 85.7 cm³/mol. The van der Waals surface area contributed by atoms with E-state index in [1.54, 1.807) is 0 Å². The summed E-state index contributed by atoms with van der Waals surface area (Å²) in [6, 6.07) is 6.43. The molecular weight excluding hydrogens is 262 g/mol. The van der Waals surface area contributed by atoms with Crippen molar-refractivity contribution >= 4 is 5.91 Å². The van der Waals surface area contributed by atoms with Crippen LogP contribution in [0.4, 0.5) is 0 Å². The number of hydrogen-bond donors (Lipinski definition) is 0. The zero-order valence-electron chi connectivity index (χ0n) is 13.5. The van der Waals surface area contributed by atoms with Crippen molar-refractivity contribution in [2.75, 3.05) is 13.7 Å². The molecule has 116 valence electrons. The molecule has 0 atom stereocenters. The number of carbonyl (C=O) groups excluding carboxylic acids is 1. The van der Waals surface area contributed by atoms with Gasteiger partial charge in [0.15, 0.2) is 6.61 Å². The Morgan fingerprint density at radius 2 is 1.86 bits per heavy atom. The Morgan fingerprint density at radius 3 is 2.48 bits per heavy atom. The van der Waals surface area contributed by atoms with E-state index in [0.29, 0.717) is 6.04 Å². The number of rotatable bonds is 4. The molecule has 0 N–H and O–H groups in total. The van der Waals surface area contributed by atoms with Crippen LogP contribution < -0.4 is 4.74 Å². The third-order valence-electron chi connectivity index (χ3n) is 4.45. The summed E-state index contributed by atoms with van der Waals surface area (Å²) in [5.74, 6) is 0.894. The zero-order chi connectivity index (χ0) is 15.2. The van der Waals surface area contributed by atoms with E-state index in [1.165, 1.54) is 31.2 Å². The van der Waals surface area contributed by atoms with E-state index in [4.69, 9.17) is 4.74 Å². The molecule has 0 heterocycles. The first-order valence-electron chi connectivity index (χ1n) is 8.03. The van der Waals surface area contributed by atoms with Gasteiger partial charge in [0.05, 0.1) is 0 Å². The van der Waals surface area contributed by atoms with Crippen molar-refractivity contribution in [1.29, 1.82) is 0 Å². The maximum absolute atomic E-state index is 12.3. The number of hydrogen-bond acceptors (Lipinski definition) is 2. The van der Waals surface area contributed by atoms with Gasteiger partial charge in [-0.25, -0.2) is 0 Å². The van der Waals surface area contributed by atoms with Gasteiger partial charge in [-0.05, 0) is 38.3 Å². The van der Waals surface area contributed by atoms with E-state index < -0.39 is 0 Å². The lowest BCUT2D eigenvalue weighted by atomic mass is 10.1. The Labute approximate surface area is 128 Å². The van der Waals surface area contributed by atoms with Gasteiger partial charge in [-0.3, -0.25) is 4.79 Å². The molecular formula is C18H27NO2. The van der Waals surface area contributed by atoms with Crippen LogP contribution in [-0.2, 0) is 4.79 Å². The molecule has 1 saturated carbocycles. The SMILES string of the molecule is Cc1ccc(OCC(=O)N(C)C2CCCCCC2)c(C)c1. The Balaban J connectivity index is 1.88. The van der Waals surface area contributed by atoms with Gasteiger partial charge in [-0.1, -0.05) is 43.4 Å². The molecule has 3 nitrogen and oxygen atoms in total. The van der Waals surface area contributed by atoms with Gasteiger partial charge in [-0.2, -0.15) is 0 Å². The molecule has 1 aromatic carbocycles. The standard InChI is InChI=1S/C18H27NO2/c1-14-10-11-17(15(2)12-14)21-13-18(20)19(3)16-8-6-4-5-7-9-16/h10-12,16H,4-9,13H2,1-3H3. The second kappa shape index (κ2) is 7.48. The predicted octanol–water partition coefficient (Wildman–Crippen LogP) is 3.86. The van der Waals surface area contributed by atoms with Gasteiger partial charge in [0.2, 0.25) is 0 Å². The van der Waals surface area contributed by atoms with Crippen LogP contribution >= 0.6 is 0 Å². The fraction of sp³-hybridized carbons (Fsp3) is 0.611. The quantitative estimate of drug-likeness (QED) is 0.788. The number of aryl methyl sites for hydroxylation is 2. The van der Waals surface area contributed by atoms with Gasteiger partial charge >= 0.3 is 0 Å². The summed E-state index contributed by atoms with van der Waals surface area (Å²) in [5, 5.41) is 0. The molecule has 0 aromatic heterocycles. The normalized spacial score (nSPS) is 16.3. The lowest BCUT2D eigenvalue weighted by molar-refractivity contribution is -0.134. The Kier molecular flexibility index (Phi) is 5.66. The van der Waals surface area contributed by atoms with Gasteiger partial charge in [-0.15, -0.1) is 0 Å². The average molecular weight is 289 g/mol. The first-order valence-corrected chi connectivity index (χ1v) is 8.03. The number of nitrogens with zero attached hydrogens (tertiary/aromatic N) is 1. The Morgan fingerprint density at radius 1 is 1.19 bits per heavy atom. The van der Waals surface area contributed by atoms with Crippen LogP contribution in [0.25, 0.3) is 0 Å². The van der Waals surface area contributed by atoms with E-state index in [9.17, 15) is 4.79 Å². The van der Waals surface area contributed by atoms with Crippen LogP contribution in [-0.4, -0.2) is 30.5 Å². The first kappa shape index (κ1) is 15.9. The molecule has 1 amide bonds. The highest BCUT2D eigenvalue weighted by atomic mass is 16.5. The summed E-state index contributed by atoms with van der Waals surface area (Å²) in [6.07, 6.45) is 7.34. The first-order chi connectivity index (χ1) is 10.1. The molecule has 3 heteroatoms. The minimum absolute atomic E-state index is 0.0851. The monoisotopic (exact) mass is 289 g/mol. The number of carbonyl (C=O) groups is 1. The summed E-state index contributed by atoms with van der Waals surface area (Å²) in [7, 11) is 1.92. The van der Waals surface area contributed by atoms with Crippen LogP contribution in [0.1, 0.15) is 49.7 Å². The van der Waals surface area contributed by atoms with Crippen molar-refractivity contribution in [2.45, 2.75) is 58.4 Å². The summed E-state index contributed by atoms with van der Waals surface area (Å²) < 4.78 is 5.71. The van der Waals surface area contributed by atoms with Crippen LogP contribution in [0.3, 0.4) is 0 Å². The number of ether oxygens (including phenoxy) is 1. The molecule has 0 bridgehead atoms. The third kappa shape index (κ3) is 4.48. The highest BCUT2D eigenvalue weighted by Crippen LogP contribution is 2.22. The molecule has 1 aliphatic rings. The molecule has 0 aliphatic heterocycles. The smallest absolute Gasteiger partial charge is 0.260 e. The number of likely N-dealkylation sites (N-methyl/N-ethyl adjacent to an activating group) is 1. The minimum atomic E-state index is 0.0851. The van der Waals surface area contributed by atoms with E-state index >= 15 is 0 Å². The van der Waals surface area contributed by atoms with Crippen LogP contribution in [0.5, 0.6) is 5.75 Å². The van der Waals surface area contributed by atoms with Crippen molar-refractivity contribution < 1.29 is 9.53 Å². The second-order valence-electron chi connectivity index (χ2n) is 6.21. The Hall–Kier alpha value is -1.51. The van der Waals surface area contributed by atoms with E-state index in [1.807, 2.05) is 31.0 Å². The summed E-state index contributed by atoms with van der Waals surface area (Å²) in [6.45, 7) is 4.21.